The summed E-state index contributed by atoms with van der Waals surface area (Å²) in [4.78, 5) is 12.6. The second kappa shape index (κ2) is 7.18. The topological polar surface area (TPSA) is 35.5 Å². The van der Waals surface area contributed by atoms with E-state index in [1.54, 1.807) is 14.2 Å². The Hall–Kier alpha value is -2.81. The van der Waals surface area contributed by atoms with Gasteiger partial charge in [0.2, 0.25) is 0 Å². The minimum absolute atomic E-state index is 0.140. The highest BCUT2D eigenvalue weighted by atomic mass is 16.5. The summed E-state index contributed by atoms with van der Waals surface area (Å²) in [5.41, 5.74) is 3.76. The number of carbonyl (C=O) groups excluding carboxylic acids is 1. The van der Waals surface area contributed by atoms with Crippen molar-refractivity contribution in [3.05, 3.63) is 70.8 Å². The summed E-state index contributed by atoms with van der Waals surface area (Å²) in [5, 5.41) is 0. The van der Waals surface area contributed by atoms with E-state index in [4.69, 9.17) is 9.47 Å². The molecule has 0 bridgehead atoms. The molecule has 24 heavy (non-hydrogen) atoms. The third-order valence-corrected chi connectivity index (χ3v) is 4.16. The van der Waals surface area contributed by atoms with E-state index in [9.17, 15) is 4.79 Å². The van der Waals surface area contributed by atoms with Crippen LogP contribution in [0.2, 0.25) is 0 Å². The zero-order chi connectivity index (χ0) is 16.9. The van der Waals surface area contributed by atoms with Crippen molar-refractivity contribution in [2.45, 2.75) is 12.8 Å². The van der Waals surface area contributed by atoms with Crippen LogP contribution in [0.25, 0.3) is 12.2 Å². The highest BCUT2D eigenvalue weighted by molar-refractivity contribution is 6.15. The summed E-state index contributed by atoms with van der Waals surface area (Å²) in [5.74, 6) is 1.77. The Balaban J connectivity index is 1.78. The van der Waals surface area contributed by atoms with Gasteiger partial charge in [-0.25, -0.2) is 0 Å². The van der Waals surface area contributed by atoms with Crippen molar-refractivity contribution in [2.75, 3.05) is 14.2 Å². The van der Waals surface area contributed by atoms with Crippen molar-refractivity contribution in [1.29, 1.82) is 0 Å². The van der Waals surface area contributed by atoms with Crippen molar-refractivity contribution in [1.82, 2.24) is 0 Å². The van der Waals surface area contributed by atoms with E-state index in [0.717, 1.165) is 46.6 Å². The fourth-order valence-corrected chi connectivity index (χ4v) is 2.78. The molecule has 122 valence electrons. The van der Waals surface area contributed by atoms with Gasteiger partial charge in [-0.1, -0.05) is 24.3 Å². The number of benzene rings is 2. The molecule has 0 spiro atoms. The lowest BCUT2D eigenvalue weighted by atomic mass is 10.1. The molecule has 3 nitrogen and oxygen atoms in total. The molecule has 1 aliphatic rings. The van der Waals surface area contributed by atoms with Crippen molar-refractivity contribution >= 4 is 17.9 Å². The first-order chi connectivity index (χ1) is 11.7. The van der Waals surface area contributed by atoms with Crippen LogP contribution < -0.4 is 9.47 Å². The number of carbonyl (C=O) groups is 1. The van der Waals surface area contributed by atoms with Gasteiger partial charge in [0.15, 0.2) is 5.78 Å². The fraction of sp³-hybridized carbons (Fsp3) is 0.190. The average Bonchev–Trinajstić information content (AvgIpc) is 2.96. The lowest BCUT2D eigenvalue weighted by Gasteiger charge is -2.01. The SMILES string of the molecule is COc1ccc(C=C2CC/C(=C/c3ccc(OC)cc3)C2=O)cc1. The molecule has 0 saturated heterocycles. The molecule has 2 aromatic rings. The van der Waals surface area contributed by atoms with E-state index in [0.29, 0.717) is 0 Å². The number of methoxy groups -OCH3 is 2. The molecule has 0 unspecified atom stereocenters. The van der Waals surface area contributed by atoms with Gasteiger partial charge in [0.1, 0.15) is 11.5 Å². The Bertz CT molecular complexity index is 713. The Kier molecular flexibility index (Phi) is 4.80. The van der Waals surface area contributed by atoms with Crippen molar-refractivity contribution in [2.24, 2.45) is 0 Å². The average molecular weight is 320 g/mol. The highest BCUT2D eigenvalue weighted by Gasteiger charge is 2.22. The first kappa shape index (κ1) is 16.1. The third-order valence-electron chi connectivity index (χ3n) is 4.16. The summed E-state index contributed by atoms with van der Waals surface area (Å²) < 4.78 is 10.3. The van der Waals surface area contributed by atoms with Gasteiger partial charge in [-0.05, 0) is 60.4 Å². The van der Waals surface area contributed by atoms with Crippen LogP contribution in [0.1, 0.15) is 24.0 Å². The quantitative estimate of drug-likeness (QED) is 0.776. The molecule has 1 fully saturated rings. The monoisotopic (exact) mass is 320 g/mol. The molecule has 1 saturated carbocycles. The number of allylic oxidation sites excluding steroid dienone is 2. The highest BCUT2D eigenvalue weighted by Crippen LogP contribution is 2.30. The van der Waals surface area contributed by atoms with Gasteiger partial charge in [-0.3, -0.25) is 4.79 Å². The van der Waals surface area contributed by atoms with Crippen LogP contribution in [0.15, 0.2) is 59.7 Å². The number of rotatable bonds is 4. The van der Waals surface area contributed by atoms with E-state index >= 15 is 0 Å². The molecule has 0 radical (unpaired) electrons. The van der Waals surface area contributed by atoms with Crippen LogP contribution in [-0.4, -0.2) is 20.0 Å². The number of Topliss-reactive ketones (excluding diaryl/α,β-unsaturated/α-hetero) is 1. The van der Waals surface area contributed by atoms with Gasteiger partial charge in [0, 0.05) is 11.1 Å². The molecule has 0 aliphatic heterocycles. The van der Waals surface area contributed by atoms with Crippen LogP contribution >= 0.6 is 0 Å². The molecule has 1 aliphatic carbocycles. The summed E-state index contributed by atoms with van der Waals surface area (Å²) in [6.07, 6.45) is 5.51. The first-order valence-corrected chi connectivity index (χ1v) is 7.93. The molecule has 3 rings (SSSR count). The maximum absolute atomic E-state index is 12.6. The van der Waals surface area contributed by atoms with Crippen LogP contribution in [0, 0.1) is 0 Å². The Morgan fingerprint density at radius 3 is 1.42 bits per heavy atom. The molecular weight excluding hydrogens is 300 g/mol. The van der Waals surface area contributed by atoms with E-state index in [2.05, 4.69) is 0 Å². The van der Waals surface area contributed by atoms with Gasteiger partial charge in [-0.2, -0.15) is 0 Å². The maximum atomic E-state index is 12.6. The lowest BCUT2D eigenvalue weighted by molar-refractivity contribution is -0.111. The first-order valence-electron chi connectivity index (χ1n) is 7.93. The van der Waals surface area contributed by atoms with Crippen molar-refractivity contribution in [3.63, 3.8) is 0 Å². The maximum Gasteiger partial charge on any atom is 0.185 e. The van der Waals surface area contributed by atoms with Crippen LogP contribution in [0.3, 0.4) is 0 Å². The Morgan fingerprint density at radius 2 is 1.08 bits per heavy atom. The van der Waals surface area contributed by atoms with E-state index in [-0.39, 0.29) is 5.78 Å². The summed E-state index contributed by atoms with van der Waals surface area (Å²) in [6.45, 7) is 0. The third kappa shape index (κ3) is 3.57. The second-order valence-electron chi connectivity index (χ2n) is 5.71. The Morgan fingerprint density at radius 1 is 0.708 bits per heavy atom. The van der Waals surface area contributed by atoms with Crippen LogP contribution in [0.5, 0.6) is 11.5 Å². The lowest BCUT2D eigenvalue weighted by Crippen LogP contribution is -1.95. The molecule has 0 N–H and O–H groups in total. The van der Waals surface area contributed by atoms with Crippen LogP contribution in [-0.2, 0) is 4.79 Å². The smallest absolute Gasteiger partial charge is 0.185 e. The van der Waals surface area contributed by atoms with E-state index < -0.39 is 0 Å². The summed E-state index contributed by atoms with van der Waals surface area (Å²) in [6, 6.07) is 15.5. The van der Waals surface area contributed by atoms with Gasteiger partial charge in [-0.15, -0.1) is 0 Å². The number of ketones is 1. The van der Waals surface area contributed by atoms with E-state index in [1.165, 1.54) is 0 Å². The van der Waals surface area contributed by atoms with E-state index in [1.807, 2.05) is 60.7 Å². The number of hydrogen-bond donors (Lipinski definition) is 0. The summed E-state index contributed by atoms with van der Waals surface area (Å²) in [7, 11) is 3.29. The Labute approximate surface area is 142 Å². The molecule has 0 atom stereocenters. The zero-order valence-electron chi connectivity index (χ0n) is 13.9. The largest absolute Gasteiger partial charge is 0.497 e. The predicted octanol–water partition coefficient (Wildman–Crippen LogP) is 4.53. The molecule has 3 heteroatoms. The number of ether oxygens (including phenoxy) is 2. The van der Waals surface area contributed by atoms with Gasteiger partial charge < -0.3 is 9.47 Å². The normalized spacial score (nSPS) is 17.5. The van der Waals surface area contributed by atoms with Crippen molar-refractivity contribution < 1.29 is 14.3 Å². The second-order valence-corrected chi connectivity index (χ2v) is 5.71. The predicted molar refractivity (Wildman–Crippen MR) is 96.2 cm³/mol. The molecule has 0 amide bonds. The summed E-state index contributed by atoms with van der Waals surface area (Å²) >= 11 is 0. The van der Waals surface area contributed by atoms with Crippen LogP contribution in [0.4, 0.5) is 0 Å². The minimum atomic E-state index is 0.140. The van der Waals surface area contributed by atoms with Gasteiger partial charge in [0.25, 0.3) is 0 Å². The fourth-order valence-electron chi connectivity index (χ4n) is 2.78. The standard InChI is InChI=1S/C21H20O3/c1-23-19-9-3-15(4-10-19)13-17-7-8-18(21(17)22)14-16-5-11-20(24-2)12-6-16/h3-6,9-14H,7-8H2,1-2H3/b17-13-,18-14?. The van der Waals surface area contributed by atoms with Gasteiger partial charge >= 0.3 is 0 Å². The molecule has 0 heterocycles. The van der Waals surface area contributed by atoms with Gasteiger partial charge in [0.05, 0.1) is 14.2 Å². The molecular formula is C21H20O3. The molecule has 0 aromatic heterocycles. The number of hydrogen-bond acceptors (Lipinski definition) is 3. The zero-order valence-corrected chi connectivity index (χ0v) is 13.9. The minimum Gasteiger partial charge on any atom is -0.497 e. The van der Waals surface area contributed by atoms with Crippen molar-refractivity contribution in [3.8, 4) is 11.5 Å². The molecule has 2 aromatic carbocycles.